The molecule has 0 saturated heterocycles. The maximum Gasteiger partial charge on any atom is 0.0473 e. The van der Waals surface area contributed by atoms with Gasteiger partial charge in [0, 0.05) is 25.3 Å². The van der Waals surface area contributed by atoms with E-state index in [-0.39, 0.29) is 6.04 Å². The molecule has 2 N–H and O–H groups in total. The van der Waals surface area contributed by atoms with E-state index in [0.29, 0.717) is 0 Å². The molecule has 0 fully saturated rings. The van der Waals surface area contributed by atoms with Gasteiger partial charge < -0.3 is 10.6 Å². The van der Waals surface area contributed by atoms with Crippen molar-refractivity contribution in [2.24, 2.45) is 5.73 Å². The number of likely N-dealkylation sites (N-methyl/N-ethyl adjacent to an activating group) is 1. The lowest BCUT2D eigenvalue weighted by Gasteiger charge is -2.25. The lowest BCUT2D eigenvalue weighted by molar-refractivity contribution is 0.701. The summed E-state index contributed by atoms with van der Waals surface area (Å²) in [5.41, 5.74) is 12.7. The molecule has 2 nitrogen and oxygen atoms in total. The van der Waals surface area contributed by atoms with Gasteiger partial charge in [0.2, 0.25) is 0 Å². The third-order valence-electron chi connectivity index (χ3n) is 3.67. The highest BCUT2D eigenvalue weighted by Crippen LogP contribution is 2.21. The number of aryl methyl sites for hydroxylation is 3. The fourth-order valence-corrected chi connectivity index (χ4v) is 2.71. The van der Waals surface area contributed by atoms with Crippen molar-refractivity contribution in [1.82, 2.24) is 0 Å². The fraction of sp³-hybridized carbons (Fsp3) is 0.333. The number of hydrogen-bond acceptors (Lipinski definition) is 2. The summed E-state index contributed by atoms with van der Waals surface area (Å²) < 4.78 is 0. The Labute approximate surface area is 122 Å². The molecule has 1 unspecified atom stereocenters. The van der Waals surface area contributed by atoms with Gasteiger partial charge in [0.25, 0.3) is 0 Å². The van der Waals surface area contributed by atoms with Gasteiger partial charge >= 0.3 is 0 Å². The van der Waals surface area contributed by atoms with Gasteiger partial charge in [-0.15, -0.1) is 0 Å². The smallest absolute Gasteiger partial charge is 0.0473 e. The lowest BCUT2D eigenvalue weighted by Crippen LogP contribution is -2.29. The summed E-state index contributed by atoms with van der Waals surface area (Å²) in [6, 6.07) is 15.0. The van der Waals surface area contributed by atoms with E-state index in [9.17, 15) is 0 Å². The SMILES string of the molecule is Cc1cc(C)cc(C(N)CN(C)c2ccccc2C)c1. The Bertz CT molecular complexity index is 569. The fourth-order valence-electron chi connectivity index (χ4n) is 2.71. The largest absolute Gasteiger partial charge is 0.372 e. The summed E-state index contributed by atoms with van der Waals surface area (Å²) in [4.78, 5) is 2.23. The first-order chi connectivity index (χ1) is 9.47. The minimum atomic E-state index is 0.0261. The summed E-state index contributed by atoms with van der Waals surface area (Å²) in [5, 5.41) is 0. The van der Waals surface area contributed by atoms with Crippen LogP contribution in [0.1, 0.15) is 28.3 Å². The zero-order valence-electron chi connectivity index (χ0n) is 12.9. The molecule has 20 heavy (non-hydrogen) atoms. The van der Waals surface area contributed by atoms with Gasteiger partial charge in [-0.25, -0.2) is 0 Å². The number of benzene rings is 2. The third kappa shape index (κ3) is 3.40. The van der Waals surface area contributed by atoms with Crippen LogP contribution >= 0.6 is 0 Å². The van der Waals surface area contributed by atoms with Gasteiger partial charge in [-0.2, -0.15) is 0 Å². The first kappa shape index (κ1) is 14.6. The molecule has 0 heterocycles. The number of hydrogen-bond donors (Lipinski definition) is 1. The molecule has 2 aromatic carbocycles. The van der Waals surface area contributed by atoms with Crippen LogP contribution in [-0.2, 0) is 0 Å². The maximum atomic E-state index is 6.38. The molecule has 0 radical (unpaired) electrons. The van der Waals surface area contributed by atoms with E-state index in [1.165, 1.54) is 27.9 Å². The van der Waals surface area contributed by atoms with E-state index >= 15 is 0 Å². The molecule has 0 aliphatic heterocycles. The molecule has 0 amide bonds. The summed E-state index contributed by atoms with van der Waals surface area (Å²) in [7, 11) is 2.10. The Hall–Kier alpha value is -1.80. The van der Waals surface area contributed by atoms with Crippen molar-refractivity contribution >= 4 is 5.69 Å². The molecular formula is C18H24N2. The Morgan fingerprint density at radius 1 is 1.00 bits per heavy atom. The van der Waals surface area contributed by atoms with E-state index in [2.05, 4.69) is 75.2 Å². The molecule has 1 atom stereocenters. The van der Waals surface area contributed by atoms with Crippen LogP contribution in [0.15, 0.2) is 42.5 Å². The predicted molar refractivity (Wildman–Crippen MR) is 87.3 cm³/mol. The minimum absolute atomic E-state index is 0.0261. The van der Waals surface area contributed by atoms with Crippen molar-refractivity contribution in [2.45, 2.75) is 26.8 Å². The molecule has 0 saturated carbocycles. The second-order valence-corrected chi connectivity index (χ2v) is 5.69. The van der Waals surface area contributed by atoms with Crippen LogP contribution in [0, 0.1) is 20.8 Å². The molecule has 0 spiro atoms. The molecule has 2 aromatic rings. The topological polar surface area (TPSA) is 29.3 Å². The van der Waals surface area contributed by atoms with Crippen LogP contribution in [0.3, 0.4) is 0 Å². The van der Waals surface area contributed by atoms with E-state index in [1.807, 2.05) is 0 Å². The molecule has 2 rings (SSSR count). The highest BCUT2D eigenvalue weighted by atomic mass is 15.1. The zero-order valence-corrected chi connectivity index (χ0v) is 12.9. The van der Waals surface area contributed by atoms with E-state index < -0.39 is 0 Å². The molecule has 106 valence electrons. The van der Waals surface area contributed by atoms with E-state index in [0.717, 1.165) is 6.54 Å². The Morgan fingerprint density at radius 2 is 1.60 bits per heavy atom. The average molecular weight is 268 g/mol. The van der Waals surface area contributed by atoms with Crippen molar-refractivity contribution in [3.8, 4) is 0 Å². The number of para-hydroxylation sites is 1. The number of nitrogens with two attached hydrogens (primary N) is 1. The average Bonchev–Trinajstić information content (AvgIpc) is 2.37. The van der Waals surface area contributed by atoms with Crippen molar-refractivity contribution in [2.75, 3.05) is 18.5 Å². The highest BCUT2D eigenvalue weighted by molar-refractivity contribution is 5.52. The maximum absolute atomic E-state index is 6.38. The van der Waals surface area contributed by atoms with Gasteiger partial charge in [-0.3, -0.25) is 0 Å². The number of anilines is 1. The van der Waals surface area contributed by atoms with Gasteiger partial charge in [-0.1, -0.05) is 47.5 Å². The van der Waals surface area contributed by atoms with Gasteiger partial charge in [0.15, 0.2) is 0 Å². The summed E-state index contributed by atoms with van der Waals surface area (Å²) in [5.74, 6) is 0. The minimum Gasteiger partial charge on any atom is -0.372 e. The van der Waals surface area contributed by atoms with E-state index in [4.69, 9.17) is 5.73 Å². The molecule has 2 heteroatoms. The van der Waals surface area contributed by atoms with Crippen LogP contribution in [-0.4, -0.2) is 13.6 Å². The standard InChI is InChI=1S/C18H24N2/c1-13-9-14(2)11-16(10-13)17(19)12-20(4)18-8-6-5-7-15(18)3/h5-11,17H,12,19H2,1-4H3. The predicted octanol–water partition coefficient (Wildman–Crippen LogP) is 3.75. The highest BCUT2D eigenvalue weighted by Gasteiger charge is 2.12. The van der Waals surface area contributed by atoms with Crippen LogP contribution in [0.4, 0.5) is 5.69 Å². The zero-order chi connectivity index (χ0) is 14.7. The first-order valence-electron chi connectivity index (χ1n) is 7.08. The lowest BCUT2D eigenvalue weighted by atomic mass is 10.0. The van der Waals surface area contributed by atoms with Gasteiger partial charge in [0.1, 0.15) is 0 Å². The van der Waals surface area contributed by atoms with Gasteiger partial charge in [-0.05, 0) is 38.0 Å². The quantitative estimate of drug-likeness (QED) is 0.915. The first-order valence-corrected chi connectivity index (χ1v) is 7.08. The second-order valence-electron chi connectivity index (χ2n) is 5.69. The summed E-state index contributed by atoms with van der Waals surface area (Å²) >= 11 is 0. The Balaban J connectivity index is 2.15. The molecule has 0 bridgehead atoms. The second kappa shape index (κ2) is 6.10. The molecule has 0 aliphatic carbocycles. The molecule has 0 aliphatic rings. The van der Waals surface area contributed by atoms with Crippen molar-refractivity contribution in [1.29, 1.82) is 0 Å². The molecule has 0 aromatic heterocycles. The number of nitrogens with zero attached hydrogens (tertiary/aromatic N) is 1. The van der Waals surface area contributed by atoms with Crippen molar-refractivity contribution in [3.63, 3.8) is 0 Å². The summed E-state index contributed by atoms with van der Waals surface area (Å²) in [6.07, 6.45) is 0. The van der Waals surface area contributed by atoms with Crippen molar-refractivity contribution < 1.29 is 0 Å². The van der Waals surface area contributed by atoms with Crippen LogP contribution in [0.25, 0.3) is 0 Å². The monoisotopic (exact) mass is 268 g/mol. The normalized spacial score (nSPS) is 12.2. The van der Waals surface area contributed by atoms with Crippen LogP contribution in [0.5, 0.6) is 0 Å². The van der Waals surface area contributed by atoms with Crippen LogP contribution < -0.4 is 10.6 Å². The van der Waals surface area contributed by atoms with Crippen LogP contribution in [0.2, 0.25) is 0 Å². The van der Waals surface area contributed by atoms with Gasteiger partial charge in [0.05, 0.1) is 0 Å². The molecular weight excluding hydrogens is 244 g/mol. The Morgan fingerprint density at radius 3 is 2.20 bits per heavy atom. The summed E-state index contributed by atoms with van der Waals surface area (Å²) in [6.45, 7) is 7.18. The number of rotatable bonds is 4. The Kier molecular flexibility index (Phi) is 4.46. The third-order valence-corrected chi connectivity index (χ3v) is 3.67. The van der Waals surface area contributed by atoms with E-state index in [1.54, 1.807) is 0 Å². The van der Waals surface area contributed by atoms with Crippen molar-refractivity contribution in [3.05, 3.63) is 64.7 Å².